The van der Waals surface area contributed by atoms with E-state index in [-0.39, 0.29) is 11.7 Å². The van der Waals surface area contributed by atoms with Gasteiger partial charge >= 0.3 is 0 Å². The smallest absolute Gasteiger partial charge is 0.236 e. The third-order valence-corrected chi connectivity index (χ3v) is 4.56. The number of halogens is 1. The fourth-order valence-electron chi connectivity index (χ4n) is 2.99. The Kier molecular flexibility index (Phi) is 3.91. The van der Waals surface area contributed by atoms with Crippen molar-refractivity contribution in [2.45, 2.75) is 18.3 Å². The first-order chi connectivity index (χ1) is 12.6. The molecule has 4 rings (SSSR count). The van der Waals surface area contributed by atoms with E-state index in [9.17, 15) is 9.18 Å². The van der Waals surface area contributed by atoms with E-state index < -0.39 is 5.41 Å². The lowest BCUT2D eigenvalue weighted by Crippen LogP contribution is -2.29. The van der Waals surface area contributed by atoms with E-state index in [1.807, 2.05) is 0 Å². The summed E-state index contributed by atoms with van der Waals surface area (Å²) in [7, 11) is 1.54. The fourth-order valence-corrected chi connectivity index (χ4v) is 2.99. The molecule has 0 atom stereocenters. The van der Waals surface area contributed by atoms with E-state index >= 15 is 0 Å². The Morgan fingerprint density at radius 1 is 1.19 bits per heavy atom. The number of carbonyl (C=O) groups is 1. The highest BCUT2D eigenvalue weighted by Crippen LogP contribution is 2.49. The number of pyridine rings is 1. The number of carbonyl (C=O) groups excluding carboxylic acids is 1. The lowest BCUT2D eigenvalue weighted by atomic mass is 9.94. The Labute approximate surface area is 149 Å². The molecule has 1 amide bonds. The number of aromatic nitrogens is 3. The van der Waals surface area contributed by atoms with E-state index in [0.717, 1.165) is 0 Å². The summed E-state index contributed by atoms with van der Waals surface area (Å²) in [6.07, 6.45) is 2.94. The predicted octanol–water partition coefficient (Wildman–Crippen LogP) is 3.09. The van der Waals surface area contributed by atoms with Crippen LogP contribution in [0.1, 0.15) is 18.4 Å². The Morgan fingerprint density at radius 2 is 2.00 bits per heavy atom. The zero-order chi connectivity index (χ0) is 18.1. The molecule has 1 aliphatic rings. The van der Waals surface area contributed by atoms with E-state index in [4.69, 9.17) is 4.74 Å². The molecular weight excluding hydrogens is 335 g/mol. The number of benzene rings is 1. The molecule has 0 spiro atoms. The average molecular weight is 352 g/mol. The zero-order valence-corrected chi connectivity index (χ0v) is 14.1. The average Bonchev–Trinajstić information content (AvgIpc) is 3.35. The quantitative estimate of drug-likeness (QED) is 0.766. The van der Waals surface area contributed by atoms with Crippen LogP contribution in [0.4, 0.5) is 10.2 Å². The van der Waals surface area contributed by atoms with Crippen molar-refractivity contribution in [2.75, 3.05) is 12.4 Å². The molecule has 26 heavy (non-hydrogen) atoms. The topological polar surface area (TPSA) is 69.0 Å². The van der Waals surface area contributed by atoms with Gasteiger partial charge in [-0.1, -0.05) is 24.3 Å². The summed E-state index contributed by atoms with van der Waals surface area (Å²) in [5.74, 6) is 0.833. The standard InChI is InChI=1S/C19H17FN4O2/c1-26-17-8-4-7-16(22-17)24-12-9-15(23-24)21-18(25)19(10-11-19)13-5-2-3-6-14(13)20/h2-9,12H,10-11H2,1H3,(H,21,23,25). The maximum Gasteiger partial charge on any atom is 0.236 e. The van der Waals surface area contributed by atoms with Crippen LogP contribution >= 0.6 is 0 Å². The molecule has 2 heterocycles. The summed E-state index contributed by atoms with van der Waals surface area (Å²) in [5, 5.41) is 7.12. The number of nitrogens with one attached hydrogen (secondary N) is 1. The van der Waals surface area contributed by atoms with E-state index in [2.05, 4.69) is 15.4 Å². The first-order valence-electron chi connectivity index (χ1n) is 8.26. The third kappa shape index (κ3) is 2.81. The number of anilines is 1. The molecule has 132 valence electrons. The second-order valence-electron chi connectivity index (χ2n) is 6.20. The van der Waals surface area contributed by atoms with Gasteiger partial charge in [0.1, 0.15) is 5.82 Å². The summed E-state index contributed by atoms with van der Waals surface area (Å²) in [5.41, 5.74) is -0.366. The van der Waals surface area contributed by atoms with Crippen LogP contribution in [-0.4, -0.2) is 27.8 Å². The molecule has 0 bridgehead atoms. The minimum Gasteiger partial charge on any atom is -0.481 e. The third-order valence-electron chi connectivity index (χ3n) is 4.56. The molecule has 0 aliphatic heterocycles. The van der Waals surface area contributed by atoms with Gasteiger partial charge in [-0.05, 0) is 25.0 Å². The van der Waals surface area contributed by atoms with Crippen LogP contribution in [0.3, 0.4) is 0 Å². The Bertz CT molecular complexity index is 965. The van der Waals surface area contributed by atoms with Gasteiger partial charge in [0, 0.05) is 23.9 Å². The van der Waals surface area contributed by atoms with Crippen LogP contribution in [0.5, 0.6) is 5.88 Å². The van der Waals surface area contributed by atoms with Gasteiger partial charge in [0.2, 0.25) is 11.8 Å². The minimum atomic E-state index is -0.802. The molecule has 2 aromatic heterocycles. The van der Waals surface area contributed by atoms with Crippen molar-refractivity contribution in [1.29, 1.82) is 0 Å². The molecule has 0 unspecified atom stereocenters. The van der Waals surface area contributed by atoms with Gasteiger partial charge in [-0.25, -0.2) is 9.07 Å². The lowest BCUT2D eigenvalue weighted by molar-refractivity contribution is -0.118. The Balaban J connectivity index is 1.54. The zero-order valence-electron chi connectivity index (χ0n) is 14.1. The van der Waals surface area contributed by atoms with Crippen LogP contribution < -0.4 is 10.1 Å². The van der Waals surface area contributed by atoms with Gasteiger partial charge in [-0.3, -0.25) is 4.79 Å². The highest BCUT2D eigenvalue weighted by molar-refractivity contribution is 6.00. The highest BCUT2D eigenvalue weighted by atomic mass is 19.1. The van der Waals surface area contributed by atoms with Gasteiger partial charge in [-0.2, -0.15) is 4.98 Å². The van der Waals surface area contributed by atoms with Crippen LogP contribution in [-0.2, 0) is 10.2 Å². The molecule has 1 aliphatic carbocycles. The van der Waals surface area contributed by atoms with Crippen LogP contribution in [0.15, 0.2) is 54.7 Å². The molecule has 1 saturated carbocycles. The van der Waals surface area contributed by atoms with Gasteiger partial charge in [0.25, 0.3) is 0 Å². The van der Waals surface area contributed by atoms with Crippen molar-refractivity contribution >= 4 is 11.7 Å². The van der Waals surface area contributed by atoms with E-state index in [0.29, 0.717) is 35.9 Å². The van der Waals surface area contributed by atoms with E-state index in [1.165, 1.54) is 6.07 Å². The summed E-state index contributed by atoms with van der Waals surface area (Å²) in [6, 6.07) is 13.4. The highest BCUT2D eigenvalue weighted by Gasteiger charge is 2.52. The maximum absolute atomic E-state index is 14.1. The Hall–Kier alpha value is -3.22. The first kappa shape index (κ1) is 16.3. The fraction of sp³-hybridized carbons (Fsp3) is 0.211. The number of hydrogen-bond acceptors (Lipinski definition) is 4. The molecular formula is C19H17FN4O2. The van der Waals surface area contributed by atoms with Crippen molar-refractivity contribution in [2.24, 2.45) is 0 Å². The number of hydrogen-bond donors (Lipinski definition) is 1. The van der Waals surface area contributed by atoms with Crippen molar-refractivity contribution < 1.29 is 13.9 Å². The first-order valence-corrected chi connectivity index (χ1v) is 8.26. The SMILES string of the molecule is COc1cccc(-n2ccc(NC(=O)C3(c4ccccc4F)CC3)n2)n1. The number of nitrogens with zero attached hydrogens (tertiary/aromatic N) is 3. The van der Waals surface area contributed by atoms with Crippen molar-refractivity contribution in [3.8, 4) is 11.7 Å². The monoisotopic (exact) mass is 352 g/mol. The molecule has 1 N–H and O–H groups in total. The van der Waals surface area contributed by atoms with Crippen LogP contribution in [0, 0.1) is 5.82 Å². The summed E-state index contributed by atoms with van der Waals surface area (Å²) < 4.78 is 20.7. The van der Waals surface area contributed by atoms with Gasteiger partial charge in [0.15, 0.2) is 11.6 Å². The maximum atomic E-state index is 14.1. The number of rotatable bonds is 5. The number of amides is 1. The largest absolute Gasteiger partial charge is 0.481 e. The van der Waals surface area contributed by atoms with Crippen LogP contribution in [0.2, 0.25) is 0 Å². The predicted molar refractivity (Wildman–Crippen MR) is 93.9 cm³/mol. The van der Waals surface area contributed by atoms with Crippen molar-refractivity contribution in [3.05, 3.63) is 66.1 Å². The second-order valence-corrected chi connectivity index (χ2v) is 6.20. The lowest BCUT2D eigenvalue weighted by Gasteiger charge is -2.15. The minimum absolute atomic E-state index is 0.244. The summed E-state index contributed by atoms with van der Waals surface area (Å²) >= 11 is 0. The van der Waals surface area contributed by atoms with Crippen LogP contribution in [0.25, 0.3) is 5.82 Å². The van der Waals surface area contributed by atoms with E-state index in [1.54, 1.807) is 60.5 Å². The molecule has 1 aromatic carbocycles. The second kappa shape index (κ2) is 6.25. The summed E-state index contributed by atoms with van der Waals surface area (Å²) in [6.45, 7) is 0. The van der Waals surface area contributed by atoms with Gasteiger partial charge in [-0.15, -0.1) is 5.10 Å². The molecule has 6 nitrogen and oxygen atoms in total. The molecule has 1 fully saturated rings. The number of methoxy groups -OCH3 is 1. The molecule has 0 saturated heterocycles. The van der Waals surface area contributed by atoms with Crippen molar-refractivity contribution in [1.82, 2.24) is 14.8 Å². The molecule has 0 radical (unpaired) electrons. The normalized spacial score (nSPS) is 14.7. The number of ether oxygens (including phenoxy) is 1. The van der Waals surface area contributed by atoms with Gasteiger partial charge in [0.05, 0.1) is 12.5 Å². The summed E-state index contributed by atoms with van der Waals surface area (Å²) in [4.78, 5) is 17.0. The van der Waals surface area contributed by atoms with Gasteiger partial charge < -0.3 is 10.1 Å². The Morgan fingerprint density at radius 3 is 2.73 bits per heavy atom. The molecule has 7 heteroatoms. The van der Waals surface area contributed by atoms with Crippen molar-refractivity contribution in [3.63, 3.8) is 0 Å². The molecule has 3 aromatic rings.